The molecule has 0 aromatic carbocycles. The van der Waals surface area contributed by atoms with Gasteiger partial charge in [-0.15, -0.1) is 23.2 Å². The predicted molar refractivity (Wildman–Crippen MR) is 60.0 cm³/mol. The topological polar surface area (TPSA) is 57.5 Å². The first-order chi connectivity index (χ1) is 6.23. The van der Waals surface area contributed by atoms with Gasteiger partial charge in [-0.25, -0.2) is 0 Å². The van der Waals surface area contributed by atoms with Gasteiger partial charge < -0.3 is 9.79 Å². The van der Waals surface area contributed by atoms with Crippen LogP contribution < -0.4 is 0 Å². The van der Waals surface area contributed by atoms with Crippen molar-refractivity contribution in [2.24, 2.45) is 0 Å². The Labute approximate surface area is 94.3 Å². The maximum Gasteiger partial charge on any atom is 0.351 e. The summed E-state index contributed by atoms with van der Waals surface area (Å²) >= 11 is 11.4. The molecule has 0 aliphatic heterocycles. The predicted octanol–water partition coefficient (Wildman–Crippen LogP) is 3.08. The lowest BCUT2D eigenvalue weighted by molar-refractivity contribution is 0.380. The standard InChI is InChI=1S/C8H15Cl2O3P/c1-6(9)3-4-8(5-7(2)10)14(11,12)13/h4,6-7H,3,5H2,1-2H3,(H2,11,12,13). The molecular weight excluding hydrogens is 246 g/mol. The van der Waals surface area contributed by atoms with Crippen molar-refractivity contribution >= 4 is 30.8 Å². The number of allylic oxidation sites excluding steroid dienone is 2. The highest BCUT2D eigenvalue weighted by atomic mass is 35.5. The zero-order valence-corrected chi connectivity index (χ0v) is 10.6. The van der Waals surface area contributed by atoms with Crippen LogP contribution in [0.5, 0.6) is 0 Å². The van der Waals surface area contributed by atoms with E-state index in [4.69, 9.17) is 33.0 Å². The Morgan fingerprint density at radius 1 is 1.36 bits per heavy atom. The Kier molecular flexibility index (Phi) is 6.35. The van der Waals surface area contributed by atoms with E-state index in [2.05, 4.69) is 0 Å². The molecule has 0 rings (SSSR count). The van der Waals surface area contributed by atoms with Gasteiger partial charge in [0.2, 0.25) is 0 Å². The first-order valence-electron chi connectivity index (χ1n) is 4.26. The summed E-state index contributed by atoms with van der Waals surface area (Å²) in [5.41, 5.74) is 0. The van der Waals surface area contributed by atoms with Crippen LogP contribution >= 0.6 is 30.8 Å². The van der Waals surface area contributed by atoms with Crippen LogP contribution in [0.15, 0.2) is 11.4 Å². The van der Waals surface area contributed by atoms with Crippen LogP contribution in [-0.2, 0) is 4.57 Å². The second kappa shape index (κ2) is 6.14. The van der Waals surface area contributed by atoms with E-state index in [1.165, 1.54) is 6.08 Å². The van der Waals surface area contributed by atoms with E-state index in [1.54, 1.807) is 13.8 Å². The quantitative estimate of drug-likeness (QED) is 0.590. The summed E-state index contributed by atoms with van der Waals surface area (Å²) in [6.45, 7) is 3.45. The number of rotatable bonds is 5. The molecule has 14 heavy (non-hydrogen) atoms. The average molecular weight is 261 g/mol. The summed E-state index contributed by atoms with van der Waals surface area (Å²) in [5.74, 6) is 0. The molecule has 84 valence electrons. The van der Waals surface area contributed by atoms with Crippen molar-refractivity contribution in [3.63, 3.8) is 0 Å². The molecule has 0 aromatic rings. The SMILES string of the molecule is CC(Cl)CC=C(CC(C)Cl)P(=O)(O)O. The van der Waals surface area contributed by atoms with Gasteiger partial charge in [-0.3, -0.25) is 4.57 Å². The van der Waals surface area contributed by atoms with Crippen molar-refractivity contribution in [3.8, 4) is 0 Å². The number of alkyl halides is 2. The van der Waals surface area contributed by atoms with Gasteiger partial charge in [0, 0.05) is 16.1 Å². The minimum atomic E-state index is -4.17. The smallest absolute Gasteiger partial charge is 0.321 e. The molecule has 0 saturated carbocycles. The molecule has 0 bridgehead atoms. The lowest BCUT2D eigenvalue weighted by atomic mass is 10.2. The molecule has 0 aliphatic rings. The van der Waals surface area contributed by atoms with E-state index in [1.807, 2.05) is 0 Å². The summed E-state index contributed by atoms with van der Waals surface area (Å²) in [4.78, 5) is 18.0. The van der Waals surface area contributed by atoms with Gasteiger partial charge in [0.25, 0.3) is 0 Å². The van der Waals surface area contributed by atoms with E-state index in [9.17, 15) is 4.57 Å². The minimum Gasteiger partial charge on any atom is -0.321 e. The third kappa shape index (κ3) is 6.86. The highest BCUT2D eigenvalue weighted by Gasteiger charge is 2.21. The molecule has 3 nitrogen and oxygen atoms in total. The van der Waals surface area contributed by atoms with Crippen LogP contribution in [0.3, 0.4) is 0 Å². The lowest BCUT2D eigenvalue weighted by Gasteiger charge is -2.11. The van der Waals surface area contributed by atoms with Gasteiger partial charge in [-0.05, 0) is 26.7 Å². The second-order valence-electron chi connectivity index (χ2n) is 3.24. The fraction of sp³-hybridized carbons (Fsp3) is 0.750. The lowest BCUT2D eigenvalue weighted by Crippen LogP contribution is -1.97. The molecule has 2 unspecified atom stereocenters. The molecule has 0 saturated heterocycles. The van der Waals surface area contributed by atoms with Crippen LogP contribution in [0.1, 0.15) is 26.7 Å². The first kappa shape index (κ1) is 14.5. The Balaban J connectivity index is 4.56. The summed E-state index contributed by atoms with van der Waals surface area (Å²) in [6.07, 6.45) is 2.11. The molecule has 0 aliphatic carbocycles. The van der Waals surface area contributed by atoms with Crippen LogP contribution in [0.4, 0.5) is 0 Å². The summed E-state index contributed by atoms with van der Waals surface area (Å²) < 4.78 is 11.0. The maximum absolute atomic E-state index is 11.0. The van der Waals surface area contributed by atoms with E-state index in [-0.39, 0.29) is 22.5 Å². The van der Waals surface area contributed by atoms with Crippen molar-refractivity contribution < 1.29 is 14.4 Å². The Bertz CT molecular complexity index is 245. The van der Waals surface area contributed by atoms with Gasteiger partial charge in [0.1, 0.15) is 0 Å². The van der Waals surface area contributed by atoms with Gasteiger partial charge in [-0.2, -0.15) is 0 Å². The van der Waals surface area contributed by atoms with Gasteiger partial charge in [-0.1, -0.05) is 6.08 Å². The molecule has 0 aromatic heterocycles. The Hall–Kier alpha value is 0.470. The largest absolute Gasteiger partial charge is 0.351 e. The second-order valence-corrected chi connectivity index (χ2v) is 6.39. The number of halogens is 2. The van der Waals surface area contributed by atoms with Crippen molar-refractivity contribution in [2.75, 3.05) is 0 Å². The normalized spacial score (nSPS) is 18.0. The van der Waals surface area contributed by atoms with Crippen LogP contribution in [0.25, 0.3) is 0 Å². The summed E-state index contributed by atoms with van der Waals surface area (Å²) in [7, 11) is -4.17. The Morgan fingerprint density at radius 2 is 1.86 bits per heavy atom. The fourth-order valence-corrected chi connectivity index (χ4v) is 2.13. The third-order valence-corrected chi connectivity index (χ3v) is 2.99. The molecule has 2 atom stereocenters. The van der Waals surface area contributed by atoms with E-state index >= 15 is 0 Å². The highest BCUT2D eigenvalue weighted by Crippen LogP contribution is 2.47. The van der Waals surface area contributed by atoms with Gasteiger partial charge >= 0.3 is 7.60 Å². The molecule has 0 heterocycles. The summed E-state index contributed by atoms with van der Waals surface area (Å²) in [5, 5.41) is -0.353. The van der Waals surface area contributed by atoms with Crippen molar-refractivity contribution in [1.29, 1.82) is 0 Å². The monoisotopic (exact) mass is 260 g/mol. The molecule has 2 N–H and O–H groups in total. The van der Waals surface area contributed by atoms with Gasteiger partial charge in [0.15, 0.2) is 0 Å². The van der Waals surface area contributed by atoms with E-state index < -0.39 is 7.60 Å². The van der Waals surface area contributed by atoms with Crippen molar-refractivity contribution in [3.05, 3.63) is 11.4 Å². The number of hydrogen-bond donors (Lipinski definition) is 2. The van der Waals surface area contributed by atoms with Crippen LogP contribution in [0, 0.1) is 0 Å². The molecule has 6 heteroatoms. The van der Waals surface area contributed by atoms with Crippen molar-refractivity contribution in [1.82, 2.24) is 0 Å². The minimum absolute atomic E-state index is 0.0764. The van der Waals surface area contributed by atoms with Crippen LogP contribution in [-0.4, -0.2) is 20.5 Å². The molecule has 0 radical (unpaired) electrons. The summed E-state index contributed by atoms with van der Waals surface area (Å²) in [6, 6.07) is 0. The zero-order valence-electron chi connectivity index (χ0n) is 8.15. The molecular formula is C8H15Cl2O3P. The van der Waals surface area contributed by atoms with E-state index in [0.717, 1.165) is 0 Å². The average Bonchev–Trinajstić information content (AvgIpc) is 1.94. The highest BCUT2D eigenvalue weighted by molar-refractivity contribution is 7.56. The van der Waals surface area contributed by atoms with Crippen molar-refractivity contribution in [2.45, 2.75) is 37.4 Å². The third-order valence-electron chi connectivity index (χ3n) is 1.54. The number of hydrogen-bond acceptors (Lipinski definition) is 1. The molecule has 0 spiro atoms. The zero-order chi connectivity index (χ0) is 11.4. The molecule has 0 fully saturated rings. The molecule has 0 amide bonds. The van der Waals surface area contributed by atoms with E-state index in [0.29, 0.717) is 6.42 Å². The van der Waals surface area contributed by atoms with Gasteiger partial charge in [0.05, 0.1) is 0 Å². The van der Waals surface area contributed by atoms with Crippen LogP contribution in [0.2, 0.25) is 0 Å². The fourth-order valence-electron chi connectivity index (χ4n) is 0.908. The first-order valence-corrected chi connectivity index (χ1v) is 6.75. The Morgan fingerprint density at radius 3 is 2.14 bits per heavy atom. The maximum atomic E-state index is 11.0.